The average molecular weight is 306 g/mol. The first-order valence-corrected chi connectivity index (χ1v) is 7.29. The summed E-state index contributed by atoms with van der Waals surface area (Å²) in [6, 6.07) is 4.85. The van der Waals surface area contributed by atoms with Gasteiger partial charge >= 0.3 is 0 Å². The Bertz CT molecular complexity index is 559. The van der Waals surface area contributed by atoms with Crippen molar-refractivity contribution in [1.82, 2.24) is 9.80 Å². The maximum atomic E-state index is 8.31. The molecule has 0 N–H and O–H groups in total. The SMILES string of the molecule is [2H]C([2H])([2H])N(CCN1CCCC1)C([2H])([2H])Cc1ccc(Cl)c(Cl)c1. The molecule has 0 unspecified atom stereocenters. The van der Waals surface area contributed by atoms with E-state index in [0.717, 1.165) is 30.8 Å². The summed E-state index contributed by atoms with van der Waals surface area (Å²) in [6.07, 6.45) is 2.16. The number of halogens is 2. The van der Waals surface area contributed by atoms with Crippen LogP contribution >= 0.6 is 23.2 Å². The number of nitrogens with zero attached hydrogens (tertiary/aromatic N) is 2. The zero-order valence-electron chi connectivity index (χ0n) is 15.8. The van der Waals surface area contributed by atoms with Crippen LogP contribution in [0.15, 0.2) is 18.2 Å². The zero-order valence-corrected chi connectivity index (χ0v) is 12.3. The molecule has 2 rings (SSSR count). The first-order valence-electron chi connectivity index (χ1n) is 9.04. The Morgan fingerprint density at radius 3 is 2.79 bits per heavy atom. The fraction of sp³-hybridized carbons (Fsp3) is 0.600. The van der Waals surface area contributed by atoms with E-state index in [0.29, 0.717) is 22.2 Å². The lowest BCUT2D eigenvalue weighted by Gasteiger charge is -2.21. The number of benzene rings is 1. The van der Waals surface area contributed by atoms with Crippen LogP contribution in [0.25, 0.3) is 0 Å². The molecule has 106 valence electrons. The van der Waals surface area contributed by atoms with Gasteiger partial charge in [0, 0.05) is 26.4 Å². The third-order valence-electron chi connectivity index (χ3n) is 3.30. The fourth-order valence-corrected chi connectivity index (χ4v) is 2.48. The van der Waals surface area contributed by atoms with Crippen molar-refractivity contribution in [2.45, 2.75) is 19.3 Å². The maximum absolute atomic E-state index is 8.31. The van der Waals surface area contributed by atoms with Gasteiger partial charge in [-0.15, -0.1) is 0 Å². The lowest BCUT2D eigenvalue weighted by Crippen LogP contribution is -2.32. The van der Waals surface area contributed by atoms with Gasteiger partial charge in [0.2, 0.25) is 0 Å². The van der Waals surface area contributed by atoms with E-state index in [-0.39, 0.29) is 13.0 Å². The van der Waals surface area contributed by atoms with Crippen molar-refractivity contribution < 1.29 is 6.85 Å². The van der Waals surface area contributed by atoms with Crippen LogP contribution in [0.2, 0.25) is 10.0 Å². The van der Waals surface area contributed by atoms with Crippen molar-refractivity contribution in [2.75, 3.05) is 39.7 Å². The van der Waals surface area contributed by atoms with Gasteiger partial charge in [-0.3, -0.25) is 0 Å². The highest BCUT2D eigenvalue weighted by atomic mass is 35.5. The zero-order chi connectivity index (χ0) is 18.0. The van der Waals surface area contributed by atoms with Crippen LogP contribution in [-0.2, 0) is 6.42 Å². The number of aryl methyl sites for hydroxylation is 1. The Balaban J connectivity index is 2.11. The van der Waals surface area contributed by atoms with Crippen molar-refractivity contribution >= 4 is 23.2 Å². The molecular weight excluding hydrogens is 279 g/mol. The largest absolute Gasteiger partial charge is 0.305 e. The third-order valence-corrected chi connectivity index (χ3v) is 4.04. The molecule has 19 heavy (non-hydrogen) atoms. The summed E-state index contributed by atoms with van der Waals surface area (Å²) in [5.41, 5.74) is 0.616. The number of hydrogen-bond donors (Lipinski definition) is 0. The summed E-state index contributed by atoms with van der Waals surface area (Å²) in [7, 11) is 0. The Hall–Kier alpha value is -0.280. The quantitative estimate of drug-likeness (QED) is 0.793. The summed E-state index contributed by atoms with van der Waals surface area (Å²) in [5, 5.41) is 0.727. The molecule has 1 aliphatic rings. The van der Waals surface area contributed by atoms with Crippen molar-refractivity contribution in [3.05, 3.63) is 33.8 Å². The van der Waals surface area contributed by atoms with Gasteiger partial charge in [-0.2, -0.15) is 0 Å². The number of rotatable bonds is 6. The van der Waals surface area contributed by atoms with Crippen LogP contribution in [0.3, 0.4) is 0 Å². The minimum Gasteiger partial charge on any atom is -0.305 e. The minimum absolute atomic E-state index is 0.0672. The molecular formula is C15H22Cl2N2. The lowest BCUT2D eigenvalue weighted by atomic mass is 10.1. The Morgan fingerprint density at radius 2 is 2.11 bits per heavy atom. The Morgan fingerprint density at radius 1 is 1.32 bits per heavy atom. The van der Waals surface area contributed by atoms with E-state index < -0.39 is 13.5 Å². The maximum Gasteiger partial charge on any atom is 0.0595 e. The molecule has 0 saturated carbocycles. The summed E-state index contributed by atoms with van der Waals surface area (Å²) in [4.78, 5) is 3.15. The second-order valence-corrected chi connectivity index (χ2v) is 5.60. The molecule has 0 amide bonds. The smallest absolute Gasteiger partial charge is 0.0595 e. The molecule has 1 aromatic rings. The molecule has 0 atom stereocenters. The van der Waals surface area contributed by atoms with Gasteiger partial charge < -0.3 is 9.80 Å². The second-order valence-electron chi connectivity index (χ2n) is 4.78. The Labute approximate surface area is 133 Å². The van der Waals surface area contributed by atoms with Crippen LogP contribution in [0.5, 0.6) is 0 Å². The summed E-state index contributed by atoms with van der Waals surface area (Å²) < 4.78 is 39.8. The van der Waals surface area contributed by atoms with E-state index in [9.17, 15) is 0 Å². The van der Waals surface area contributed by atoms with Gasteiger partial charge in [0.15, 0.2) is 0 Å². The molecule has 1 aliphatic heterocycles. The number of likely N-dealkylation sites (N-methyl/N-ethyl adjacent to an activating group) is 1. The topological polar surface area (TPSA) is 6.48 Å². The van der Waals surface area contributed by atoms with E-state index in [1.807, 2.05) is 0 Å². The van der Waals surface area contributed by atoms with E-state index in [1.165, 1.54) is 0 Å². The summed E-state index contributed by atoms with van der Waals surface area (Å²) >= 11 is 11.9. The minimum atomic E-state index is -2.50. The van der Waals surface area contributed by atoms with Crippen LogP contribution in [0.1, 0.15) is 25.3 Å². The van der Waals surface area contributed by atoms with Gasteiger partial charge in [-0.25, -0.2) is 0 Å². The lowest BCUT2D eigenvalue weighted by molar-refractivity contribution is 0.259. The van der Waals surface area contributed by atoms with E-state index in [2.05, 4.69) is 4.90 Å². The van der Waals surface area contributed by atoms with Crippen LogP contribution in [-0.4, -0.2) is 49.5 Å². The van der Waals surface area contributed by atoms with Crippen molar-refractivity contribution in [3.8, 4) is 0 Å². The van der Waals surface area contributed by atoms with Gasteiger partial charge in [-0.1, -0.05) is 29.3 Å². The molecule has 0 aromatic heterocycles. The van der Waals surface area contributed by atoms with Crippen molar-refractivity contribution in [1.29, 1.82) is 0 Å². The van der Waals surface area contributed by atoms with E-state index in [4.69, 9.17) is 30.1 Å². The van der Waals surface area contributed by atoms with Crippen LogP contribution < -0.4 is 0 Å². The van der Waals surface area contributed by atoms with Crippen molar-refractivity contribution in [3.63, 3.8) is 0 Å². The standard InChI is InChI=1S/C15H22Cl2N2/c1-18(10-11-19-7-2-3-8-19)9-6-13-4-5-14(16)15(17)12-13/h4-5,12H,2-3,6-11H2,1H3/i1D3,9D2. The number of likely N-dealkylation sites (tertiary alicyclic amines) is 1. The highest BCUT2D eigenvalue weighted by Gasteiger charge is 2.11. The van der Waals surface area contributed by atoms with E-state index >= 15 is 0 Å². The monoisotopic (exact) mass is 305 g/mol. The predicted molar refractivity (Wildman–Crippen MR) is 83.3 cm³/mol. The molecule has 0 aliphatic carbocycles. The van der Waals surface area contributed by atoms with Gasteiger partial charge in [0.25, 0.3) is 0 Å². The van der Waals surface area contributed by atoms with Crippen LogP contribution in [0, 0.1) is 0 Å². The number of hydrogen-bond acceptors (Lipinski definition) is 2. The summed E-state index contributed by atoms with van der Waals surface area (Å²) in [6.45, 7) is -1.90. The summed E-state index contributed by atoms with van der Waals surface area (Å²) in [5.74, 6) is 0. The molecule has 0 spiro atoms. The van der Waals surface area contributed by atoms with Gasteiger partial charge in [0.05, 0.1) is 10.0 Å². The molecule has 1 saturated heterocycles. The predicted octanol–water partition coefficient (Wildman–Crippen LogP) is 3.56. The van der Waals surface area contributed by atoms with Gasteiger partial charge in [0.1, 0.15) is 0 Å². The normalized spacial score (nSPS) is 21.7. The van der Waals surface area contributed by atoms with Crippen molar-refractivity contribution in [2.24, 2.45) is 0 Å². The highest BCUT2D eigenvalue weighted by molar-refractivity contribution is 6.42. The molecule has 1 fully saturated rings. The fourth-order valence-electron chi connectivity index (χ4n) is 2.16. The molecule has 0 radical (unpaired) electrons. The van der Waals surface area contributed by atoms with Gasteiger partial charge in [-0.05, 0) is 57.0 Å². The second kappa shape index (κ2) is 7.49. The first kappa shape index (κ1) is 9.62. The first-order chi connectivity index (χ1) is 11.1. The molecule has 1 heterocycles. The third kappa shape index (κ3) is 4.96. The average Bonchev–Trinajstić information content (AvgIpc) is 2.94. The molecule has 4 heteroatoms. The molecule has 1 aromatic carbocycles. The van der Waals surface area contributed by atoms with E-state index in [1.54, 1.807) is 18.2 Å². The highest BCUT2D eigenvalue weighted by Crippen LogP contribution is 2.22. The molecule has 0 bridgehead atoms. The molecule has 2 nitrogen and oxygen atoms in total. The Kier molecular flexibility index (Phi) is 3.79. The van der Waals surface area contributed by atoms with Crippen LogP contribution in [0.4, 0.5) is 0 Å².